The van der Waals surface area contributed by atoms with Crippen LogP contribution in [0.1, 0.15) is 0 Å². The molecule has 220 valence electrons. The Morgan fingerprint density at radius 3 is 2.70 bits per heavy atom. The molecule has 6 aromatic rings. The highest BCUT2D eigenvalue weighted by atomic mass is 35.5. The number of aliphatic hydroxyl groups is 1. The van der Waals surface area contributed by atoms with E-state index in [0.717, 1.165) is 29.5 Å². The number of imidazole rings is 1. The Morgan fingerprint density at radius 2 is 1.88 bits per heavy atom. The van der Waals surface area contributed by atoms with Crippen molar-refractivity contribution in [2.24, 2.45) is 0 Å². The Balaban J connectivity index is 1.34. The average Bonchev–Trinajstić information content (AvgIpc) is 3.62. The lowest BCUT2D eigenvalue weighted by molar-refractivity contribution is 0.201. The zero-order valence-electron chi connectivity index (χ0n) is 21.3. The van der Waals surface area contributed by atoms with E-state index in [1.54, 1.807) is 6.07 Å². The normalized spacial score (nSPS) is 12.1. The molecule has 0 aliphatic rings. The van der Waals surface area contributed by atoms with Crippen LogP contribution in [0.25, 0.3) is 26.5 Å². The van der Waals surface area contributed by atoms with Gasteiger partial charge in [-0.2, -0.15) is 0 Å². The molecule has 0 spiro atoms. The van der Waals surface area contributed by atoms with Crippen molar-refractivity contribution in [2.75, 3.05) is 23.3 Å². The fraction of sp³-hybridized carbons (Fsp3) is 0.0769. The minimum atomic E-state index is -2.03. The Hall–Kier alpha value is -4.02. The number of halogens is 5. The first-order valence-corrected chi connectivity index (χ1v) is 14.9. The van der Waals surface area contributed by atoms with Gasteiger partial charge in [0.2, 0.25) is 0 Å². The van der Waals surface area contributed by atoms with Gasteiger partial charge in [0.05, 0.1) is 32.8 Å². The summed E-state index contributed by atoms with van der Waals surface area (Å²) < 4.78 is 67.3. The molecule has 1 unspecified atom stereocenters. The van der Waals surface area contributed by atoms with Crippen molar-refractivity contribution in [1.82, 2.24) is 24.5 Å². The highest BCUT2D eigenvalue weighted by molar-refractivity contribution is 7.86. The predicted octanol–water partition coefficient (Wildman–Crippen LogP) is 6.40. The molecule has 3 N–H and O–H groups in total. The molecule has 3 aromatic carbocycles. The van der Waals surface area contributed by atoms with Gasteiger partial charge in [-0.05, 0) is 24.3 Å². The van der Waals surface area contributed by atoms with Gasteiger partial charge in [0.1, 0.15) is 47.5 Å². The van der Waals surface area contributed by atoms with Crippen molar-refractivity contribution in [3.63, 3.8) is 0 Å². The highest BCUT2D eigenvalue weighted by Gasteiger charge is 2.21. The molecule has 0 amide bonds. The highest BCUT2D eigenvalue weighted by Crippen LogP contribution is 2.35. The maximum Gasteiger partial charge on any atom is 0.198 e. The van der Waals surface area contributed by atoms with Gasteiger partial charge in [0, 0.05) is 12.1 Å². The van der Waals surface area contributed by atoms with Crippen molar-refractivity contribution in [3.05, 3.63) is 82.6 Å². The summed E-state index contributed by atoms with van der Waals surface area (Å²) in [6, 6.07) is 9.27. The zero-order chi connectivity index (χ0) is 30.2. The number of hydrogen-bond acceptors (Lipinski definition) is 9. The standard InChI is InChI=1S/C26H16Cl2F3N7O3S2/c27-13-2-1-3-18(19(13)28)43(40)37-16-5-4-14(29)22(20(16)31)35-24-23-25(33-10-32-24)42-26(36-23)38-11-34-21-15(30)8-12(9-17(21)38)41-7-6-39/h1-5,8-11,37,39H,6-7H2,(H,32,33,35). The lowest BCUT2D eigenvalue weighted by Crippen LogP contribution is -2.09. The number of rotatable bonds is 9. The molecule has 1 atom stereocenters. The summed E-state index contributed by atoms with van der Waals surface area (Å²) in [6.45, 7) is -0.279. The van der Waals surface area contributed by atoms with E-state index >= 15 is 4.39 Å². The van der Waals surface area contributed by atoms with Crippen LogP contribution in [0.4, 0.5) is 30.4 Å². The molecule has 17 heteroatoms. The van der Waals surface area contributed by atoms with Gasteiger partial charge in [-0.25, -0.2) is 37.3 Å². The van der Waals surface area contributed by atoms with Crippen LogP contribution in [0.5, 0.6) is 5.75 Å². The van der Waals surface area contributed by atoms with E-state index in [9.17, 15) is 13.0 Å². The maximum atomic E-state index is 15.5. The number of thiazole rings is 1. The molecule has 0 fully saturated rings. The number of fused-ring (bicyclic) bond motifs is 2. The molecule has 3 heterocycles. The van der Waals surface area contributed by atoms with E-state index in [-0.39, 0.29) is 56.4 Å². The van der Waals surface area contributed by atoms with Gasteiger partial charge < -0.3 is 15.2 Å². The number of nitrogens with zero attached hydrogens (tertiary/aromatic N) is 5. The van der Waals surface area contributed by atoms with Gasteiger partial charge in [0.15, 0.2) is 38.4 Å². The molecule has 3 aromatic heterocycles. The van der Waals surface area contributed by atoms with Crippen LogP contribution in [-0.4, -0.2) is 47.0 Å². The van der Waals surface area contributed by atoms with Gasteiger partial charge in [-0.15, -0.1) is 0 Å². The first-order valence-electron chi connectivity index (χ1n) is 12.1. The Morgan fingerprint density at radius 1 is 1.05 bits per heavy atom. The Kier molecular flexibility index (Phi) is 8.07. The predicted molar refractivity (Wildman–Crippen MR) is 159 cm³/mol. The van der Waals surface area contributed by atoms with Crippen LogP contribution >= 0.6 is 34.5 Å². The fourth-order valence-corrected chi connectivity index (χ4v) is 6.43. The van der Waals surface area contributed by atoms with Crippen LogP contribution in [0.15, 0.2) is 60.0 Å². The molecule has 0 saturated heterocycles. The van der Waals surface area contributed by atoms with Gasteiger partial charge in [-0.3, -0.25) is 9.29 Å². The number of benzene rings is 3. The van der Waals surface area contributed by atoms with Gasteiger partial charge in [-0.1, -0.05) is 40.6 Å². The third-order valence-electron chi connectivity index (χ3n) is 5.98. The topological polar surface area (TPSA) is 127 Å². The number of ether oxygens (including phenoxy) is 1. The van der Waals surface area contributed by atoms with Crippen molar-refractivity contribution in [2.45, 2.75) is 4.90 Å². The molecular formula is C26H16Cl2F3N7O3S2. The first-order chi connectivity index (χ1) is 20.7. The van der Waals surface area contributed by atoms with Gasteiger partial charge >= 0.3 is 0 Å². The van der Waals surface area contributed by atoms with E-state index in [4.69, 9.17) is 33.0 Å². The minimum absolute atomic E-state index is 0.0240. The third-order valence-corrected chi connectivity index (χ3v) is 9.02. The summed E-state index contributed by atoms with van der Waals surface area (Å²) in [7, 11) is -2.03. The summed E-state index contributed by atoms with van der Waals surface area (Å²) in [4.78, 5) is 17.4. The smallest absolute Gasteiger partial charge is 0.198 e. The molecule has 6 rings (SSSR count). The summed E-state index contributed by atoms with van der Waals surface area (Å²) in [5, 5.41) is 12.2. The molecule has 0 aliphatic heterocycles. The molecule has 0 bridgehead atoms. The zero-order valence-corrected chi connectivity index (χ0v) is 24.5. The largest absolute Gasteiger partial charge is 0.491 e. The average molecular weight is 666 g/mol. The van der Waals surface area contributed by atoms with E-state index in [0.29, 0.717) is 15.5 Å². The summed E-state index contributed by atoms with van der Waals surface area (Å²) >= 11 is 13.2. The monoisotopic (exact) mass is 665 g/mol. The van der Waals surface area contributed by atoms with Crippen molar-refractivity contribution in [1.29, 1.82) is 0 Å². The van der Waals surface area contributed by atoms with E-state index in [2.05, 4.69) is 30.0 Å². The third kappa shape index (κ3) is 5.57. The lowest BCUT2D eigenvalue weighted by atomic mass is 10.2. The molecular weight excluding hydrogens is 650 g/mol. The Labute approximate surface area is 256 Å². The van der Waals surface area contributed by atoms with Crippen LogP contribution in [0.2, 0.25) is 10.0 Å². The number of aromatic nitrogens is 5. The second-order valence-electron chi connectivity index (χ2n) is 8.66. The van der Waals surface area contributed by atoms with Crippen LogP contribution < -0.4 is 14.8 Å². The number of nitrogens with one attached hydrogen (secondary N) is 2. The van der Waals surface area contributed by atoms with E-state index < -0.39 is 34.1 Å². The van der Waals surface area contributed by atoms with E-state index in [1.807, 2.05) is 0 Å². The molecule has 0 saturated carbocycles. The number of anilines is 3. The maximum absolute atomic E-state index is 15.5. The van der Waals surface area contributed by atoms with Crippen LogP contribution in [-0.2, 0) is 11.0 Å². The summed E-state index contributed by atoms with van der Waals surface area (Å²) in [6.07, 6.45) is 2.55. The quantitative estimate of drug-likeness (QED) is 0.162. The molecule has 0 radical (unpaired) electrons. The van der Waals surface area contributed by atoms with Gasteiger partial charge in [0.25, 0.3) is 0 Å². The fourth-order valence-electron chi connectivity index (χ4n) is 4.03. The van der Waals surface area contributed by atoms with Crippen LogP contribution in [0.3, 0.4) is 0 Å². The summed E-state index contributed by atoms with van der Waals surface area (Å²) in [5.41, 5.74) is -0.310. The summed E-state index contributed by atoms with van der Waals surface area (Å²) in [5.74, 6) is -2.51. The number of hydrogen-bond donors (Lipinski definition) is 3. The van der Waals surface area contributed by atoms with Crippen LogP contribution in [0, 0.1) is 17.5 Å². The SMILES string of the molecule is O=S(Nc1ccc(F)c(Nc2ncnc3sc(-n4cnc5c(F)cc(OCCO)cc54)nc23)c1F)c1cccc(Cl)c1Cl. The second kappa shape index (κ2) is 11.9. The molecule has 10 nitrogen and oxygen atoms in total. The van der Waals surface area contributed by atoms with Crippen molar-refractivity contribution in [3.8, 4) is 10.9 Å². The van der Waals surface area contributed by atoms with Crippen molar-refractivity contribution >= 4 is 84.1 Å². The molecule has 43 heavy (non-hydrogen) atoms. The minimum Gasteiger partial charge on any atom is -0.491 e. The first kappa shape index (κ1) is 29.1. The number of aliphatic hydroxyl groups excluding tert-OH is 1. The van der Waals surface area contributed by atoms with Crippen molar-refractivity contribution < 1.29 is 27.2 Å². The molecule has 0 aliphatic carbocycles. The lowest BCUT2D eigenvalue weighted by Gasteiger charge is -2.13. The van der Waals surface area contributed by atoms with E-state index in [1.165, 1.54) is 35.4 Å². The second-order valence-corrected chi connectivity index (χ2v) is 11.6. The Bertz CT molecular complexity index is 2040.